The molecule has 4 heterocycles. The van der Waals surface area contributed by atoms with E-state index in [9.17, 15) is 9.18 Å². The monoisotopic (exact) mass is 477 g/mol. The Kier molecular flexibility index (Phi) is 6.36. The number of pyridine rings is 1. The molecule has 0 aliphatic carbocycles. The first-order valence-corrected chi connectivity index (χ1v) is 12.3. The molecule has 5 rings (SSSR count). The quantitative estimate of drug-likeness (QED) is 0.391. The highest BCUT2D eigenvalue weighted by atomic mass is 19.1. The summed E-state index contributed by atoms with van der Waals surface area (Å²) in [4.78, 5) is 21.2. The Balaban J connectivity index is 1.70. The van der Waals surface area contributed by atoms with Crippen LogP contribution < -0.4 is 20.7 Å². The van der Waals surface area contributed by atoms with E-state index in [2.05, 4.69) is 39.8 Å². The van der Waals surface area contributed by atoms with E-state index in [4.69, 9.17) is 4.74 Å². The van der Waals surface area contributed by atoms with Crippen LogP contribution in [0.15, 0.2) is 36.7 Å². The van der Waals surface area contributed by atoms with Gasteiger partial charge in [0, 0.05) is 36.5 Å². The molecule has 7 nitrogen and oxygen atoms in total. The number of rotatable bonds is 3. The van der Waals surface area contributed by atoms with Gasteiger partial charge in [-0.3, -0.25) is 9.78 Å². The normalized spacial score (nSPS) is 21.9. The van der Waals surface area contributed by atoms with Gasteiger partial charge in [0.15, 0.2) is 11.6 Å². The summed E-state index contributed by atoms with van der Waals surface area (Å²) in [6, 6.07) is 6.66. The molecule has 0 fully saturated rings. The van der Waals surface area contributed by atoms with Gasteiger partial charge < -0.3 is 25.7 Å². The molecule has 8 heteroatoms. The molecule has 1 aromatic carbocycles. The van der Waals surface area contributed by atoms with Crippen LogP contribution in [0.1, 0.15) is 55.1 Å². The molecule has 184 valence electrons. The van der Waals surface area contributed by atoms with Gasteiger partial charge in [0.2, 0.25) is 0 Å². The zero-order chi connectivity index (χ0) is 24.5. The van der Waals surface area contributed by atoms with E-state index >= 15 is 0 Å². The lowest BCUT2D eigenvalue weighted by molar-refractivity contribution is 0.0939. The van der Waals surface area contributed by atoms with E-state index in [1.54, 1.807) is 18.3 Å². The van der Waals surface area contributed by atoms with Crippen molar-refractivity contribution in [1.29, 1.82) is 0 Å². The van der Waals surface area contributed by atoms with E-state index in [0.717, 1.165) is 48.4 Å². The lowest BCUT2D eigenvalue weighted by atomic mass is 9.84. The number of halogens is 1. The molecule has 35 heavy (non-hydrogen) atoms. The first-order valence-electron chi connectivity index (χ1n) is 12.3. The number of para-hydroxylation sites is 1. The summed E-state index contributed by atoms with van der Waals surface area (Å²) in [6.45, 7) is 6.04. The number of nitrogens with one attached hydrogen (secondary N) is 4. The minimum absolute atomic E-state index is 0.103. The zero-order valence-corrected chi connectivity index (χ0v) is 20.4. The number of aromatic nitrogens is 2. The second kappa shape index (κ2) is 9.60. The van der Waals surface area contributed by atoms with Crippen molar-refractivity contribution in [3.8, 4) is 17.0 Å². The molecular weight excluding hydrogens is 445 g/mol. The Morgan fingerprint density at radius 3 is 2.77 bits per heavy atom. The maximum atomic E-state index is 14.5. The third kappa shape index (κ3) is 4.33. The Morgan fingerprint density at radius 1 is 1.11 bits per heavy atom. The molecule has 2 aliphatic heterocycles. The molecule has 0 radical (unpaired) electrons. The lowest BCUT2D eigenvalue weighted by Gasteiger charge is -2.27. The zero-order valence-electron chi connectivity index (χ0n) is 20.4. The molecule has 1 amide bonds. The van der Waals surface area contributed by atoms with E-state index < -0.39 is 5.82 Å². The number of carbonyl (C=O) groups is 1. The molecule has 3 atom stereocenters. The number of fused-ring (bicyclic) bond motifs is 3. The Bertz CT molecular complexity index is 1240. The molecule has 0 saturated carbocycles. The highest BCUT2D eigenvalue weighted by Crippen LogP contribution is 2.44. The minimum Gasteiger partial charge on any atom is -0.492 e. The smallest absolute Gasteiger partial charge is 0.255 e. The molecule has 2 unspecified atom stereocenters. The van der Waals surface area contributed by atoms with Crippen molar-refractivity contribution in [1.82, 2.24) is 15.3 Å². The summed E-state index contributed by atoms with van der Waals surface area (Å²) < 4.78 is 19.8. The predicted octanol–water partition coefficient (Wildman–Crippen LogP) is 5.66. The number of anilines is 3. The fraction of sp³-hybridized carbons (Fsp3) is 0.407. The van der Waals surface area contributed by atoms with Crippen molar-refractivity contribution < 1.29 is 13.9 Å². The highest BCUT2D eigenvalue weighted by molar-refractivity contribution is 6.07. The number of aromatic amines is 1. The predicted molar refractivity (Wildman–Crippen MR) is 136 cm³/mol. The maximum absolute atomic E-state index is 14.5. The number of carbonyl (C=O) groups excluding carboxylic acids is 1. The van der Waals surface area contributed by atoms with Crippen LogP contribution in [0, 0.1) is 17.7 Å². The summed E-state index contributed by atoms with van der Waals surface area (Å²) in [7, 11) is 1.44. The van der Waals surface area contributed by atoms with Gasteiger partial charge in [0.05, 0.1) is 41.6 Å². The largest absolute Gasteiger partial charge is 0.492 e. The summed E-state index contributed by atoms with van der Waals surface area (Å²) >= 11 is 0. The van der Waals surface area contributed by atoms with Crippen LogP contribution in [0.5, 0.6) is 5.75 Å². The van der Waals surface area contributed by atoms with Crippen LogP contribution in [0.2, 0.25) is 0 Å². The topological polar surface area (TPSA) is 91.1 Å². The van der Waals surface area contributed by atoms with E-state index in [0.29, 0.717) is 35.3 Å². The van der Waals surface area contributed by atoms with Crippen LogP contribution in [0.25, 0.3) is 11.3 Å². The summed E-state index contributed by atoms with van der Waals surface area (Å²) in [6.07, 6.45) is 6.66. The van der Waals surface area contributed by atoms with Gasteiger partial charge in [0.1, 0.15) is 0 Å². The van der Waals surface area contributed by atoms with Crippen LogP contribution >= 0.6 is 0 Å². The SMILES string of the molecule is COc1c(F)cccc1Nc1c2[nH]c3c1C(=O)NC[C@@H]3CCC(C)C(C)CCNc1cnccc1-2. The van der Waals surface area contributed by atoms with Crippen molar-refractivity contribution >= 4 is 23.0 Å². The molecule has 2 aromatic heterocycles. The van der Waals surface area contributed by atoms with Crippen LogP contribution in [-0.2, 0) is 0 Å². The lowest BCUT2D eigenvalue weighted by Crippen LogP contribution is -2.35. The third-order valence-corrected chi connectivity index (χ3v) is 7.55. The van der Waals surface area contributed by atoms with Crippen molar-refractivity contribution in [2.45, 2.75) is 39.0 Å². The Labute approximate surface area is 204 Å². The van der Waals surface area contributed by atoms with E-state index in [-0.39, 0.29) is 17.6 Å². The Morgan fingerprint density at radius 2 is 1.94 bits per heavy atom. The fourth-order valence-electron chi connectivity index (χ4n) is 5.21. The van der Waals surface area contributed by atoms with Gasteiger partial charge in [0.25, 0.3) is 5.91 Å². The molecule has 2 bridgehead atoms. The minimum atomic E-state index is -0.470. The molecule has 4 N–H and O–H groups in total. The number of hydrogen-bond donors (Lipinski definition) is 4. The molecule has 2 aliphatic rings. The van der Waals surface area contributed by atoms with Crippen molar-refractivity contribution in [2.24, 2.45) is 11.8 Å². The fourth-order valence-corrected chi connectivity index (χ4v) is 5.21. The number of benzene rings is 1. The van der Waals surface area contributed by atoms with Gasteiger partial charge >= 0.3 is 0 Å². The average Bonchev–Trinajstić information content (AvgIpc) is 3.23. The van der Waals surface area contributed by atoms with Crippen molar-refractivity contribution in [3.05, 3.63) is 53.7 Å². The number of methoxy groups -OCH3 is 1. The van der Waals surface area contributed by atoms with Crippen molar-refractivity contribution in [2.75, 3.05) is 30.8 Å². The molecule has 0 saturated heterocycles. The summed E-state index contributed by atoms with van der Waals surface area (Å²) in [5, 5.41) is 9.98. The third-order valence-electron chi connectivity index (χ3n) is 7.55. The first-order chi connectivity index (χ1) is 17.0. The Hall–Kier alpha value is -3.55. The second-order valence-electron chi connectivity index (χ2n) is 9.68. The van der Waals surface area contributed by atoms with Crippen LogP contribution in [0.4, 0.5) is 21.5 Å². The van der Waals surface area contributed by atoms with Gasteiger partial charge in [-0.15, -0.1) is 0 Å². The van der Waals surface area contributed by atoms with Crippen LogP contribution in [0.3, 0.4) is 0 Å². The number of nitrogens with zero attached hydrogens (tertiary/aromatic N) is 1. The van der Waals surface area contributed by atoms with E-state index in [1.165, 1.54) is 13.2 Å². The standard InChI is InChI=1S/C27H32FN5O2/c1-15-7-8-17-13-31-27(34)22-23(17)33-24(18-10-11-29-14-21(18)30-12-9-16(15)2)25(22)32-20-6-4-5-19(28)26(20)35-3/h4-6,10-11,14-17,30,32-33H,7-9,12-13H2,1-3H3,(H,31,34)/t15?,16?,17-/m0/s1. The second-order valence-corrected chi connectivity index (χ2v) is 9.68. The number of ether oxygens (including phenoxy) is 1. The van der Waals surface area contributed by atoms with Gasteiger partial charge in [-0.05, 0) is 49.3 Å². The van der Waals surface area contributed by atoms with Gasteiger partial charge in [-0.1, -0.05) is 19.9 Å². The molecular formula is C27H32FN5O2. The van der Waals surface area contributed by atoms with Gasteiger partial charge in [-0.2, -0.15) is 0 Å². The maximum Gasteiger partial charge on any atom is 0.255 e. The molecule has 3 aromatic rings. The molecule has 0 spiro atoms. The summed E-state index contributed by atoms with van der Waals surface area (Å²) in [5.41, 5.74) is 5.12. The van der Waals surface area contributed by atoms with Crippen LogP contribution in [-0.4, -0.2) is 36.1 Å². The van der Waals surface area contributed by atoms with Crippen molar-refractivity contribution in [3.63, 3.8) is 0 Å². The highest BCUT2D eigenvalue weighted by Gasteiger charge is 2.34. The number of H-pyrrole nitrogens is 1. The average molecular weight is 478 g/mol. The van der Waals surface area contributed by atoms with E-state index in [1.807, 2.05) is 12.3 Å². The number of hydrogen-bond acceptors (Lipinski definition) is 5. The first kappa shape index (κ1) is 23.2. The number of amides is 1. The summed E-state index contributed by atoms with van der Waals surface area (Å²) in [5.74, 6) is 0.801. The van der Waals surface area contributed by atoms with Gasteiger partial charge in [-0.25, -0.2) is 4.39 Å².